The van der Waals surface area contributed by atoms with Crippen molar-refractivity contribution in [3.05, 3.63) is 56.2 Å². The van der Waals surface area contributed by atoms with Gasteiger partial charge in [0.15, 0.2) is 5.65 Å². The van der Waals surface area contributed by atoms with Crippen molar-refractivity contribution in [2.45, 2.75) is 52.1 Å². The smallest absolute Gasteiger partial charge is 0.323 e. The van der Waals surface area contributed by atoms with Crippen molar-refractivity contribution in [1.29, 1.82) is 0 Å². The van der Waals surface area contributed by atoms with Gasteiger partial charge in [-0.05, 0) is 37.0 Å². The van der Waals surface area contributed by atoms with Gasteiger partial charge in [0.25, 0.3) is 5.56 Å². The first-order chi connectivity index (χ1) is 15.6. The van der Waals surface area contributed by atoms with Crippen molar-refractivity contribution in [2.24, 2.45) is 13.0 Å². The van der Waals surface area contributed by atoms with E-state index in [1.165, 1.54) is 23.7 Å². The molecule has 0 unspecified atom stereocenters. The summed E-state index contributed by atoms with van der Waals surface area (Å²) < 4.78 is 16.6. The Morgan fingerprint density at radius 3 is 2.61 bits per heavy atom. The highest BCUT2D eigenvalue weighted by Gasteiger charge is 2.20. The highest BCUT2D eigenvalue weighted by molar-refractivity contribution is 8.00. The summed E-state index contributed by atoms with van der Waals surface area (Å²) >= 11 is 1.07. The van der Waals surface area contributed by atoms with Crippen molar-refractivity contribution in [3.8, 4) is 0 Å². The monoisotopic (exact) mass is 473 g/mol. The second-order valence-electron chi connectivity index (χ2n) is 8.36. The summed E-state index contributed by atoms with van der Waals surface area (Å²) in [5.41, 5.74) is 0.173. The number of thioether (sulfide) groups is 1. The van der Waals surface area contributed by atoms with E-state index in [0.29, 0.717) is 30.2 Å². The molecule has 0 aliphatic carbocycles. The number of hydrogen-bond donors (Lipinski definition) is 1. The van der Waals surface area contributed by atoms with E-state index in [1.807, 2.05) is 20.8 Å². The molecule has 1 amide bonds. The molecule has 0 atom stereocenters. The highest BCUT2D eigenvalue weighted by Crippen LogP contribution is 2.24. The Balaban J connectivity index is 2.02. The summed E-state index contributed by atoms with van der Waals surface area (Å²) in [7, 11) is 1.42. The predicted molar refractivity (Wildman–Crippen MR) is 128 cm³/mol. The first kappa shape index (κ1) is 24.6. The number of aryl methyl sites for hydroxylation is 2. The first-order valence-corrected chi connectivity index (χ1v) is 11.8. The van der Waals surface area contributed by atoms with Gasteiger partial charge in [-0.15, -0.1) is 0 Å². The lowest BCUT2D eigenvalue weighted by atomic mass is 10.1. The average Bonchev–Trinajstić information content (AvgIpc) is 2.75. The number of benzene rings is 1. The lowest BCUT2D eigenvalue weighted by Crippen LogP contribution is -2.39. The van der Waals surface area contributed by atoms with Crippen LogP contribution in [-0.2, 0) is 24.8 Å². The van der Waals surface area contributed by atoms with E-state index in [9.17, 15) is 18.8 Å². The molecule has 10 heteroatoms. The van der Waals surface area contributed by atoms with Crippen LogP contribution in [0.5, 0.6) is 0 Å². The molecular formula is C23H28FN5O3S. The zero-order valence-corrected chi connectivity index (χ0v) is 20.3. The third kappa shape index (κ3) is 5.50. The summed E-state index contributed by atoms with van der Waals surface area (Å²) in [4.78, 5) is 47.3. The third-order valence-corrected chi connectivity index (χ3v) is 5.95. The molecule has 0 aliphatic heterocycles. The molecule has 0 saturated carbocycles. The molecule has 3 aromatic rings. The Hall–Kier alpha value is -3.01. The fourth-order valence-corrected chi connectivity index (χ4v) is 4.24. The number of hydrogen-bond acceptors (Lipinski definition) is 6. The van der Waals surface area contributed by atoms with Crippen LogP contribution in [0.3, 0.4) is 0 Å². The number of carbonyl (C=O) groups is 1. The quantitative estimate of drug-likeness (QED) is 0.398. The molecule has 33 heavy (non-hydrogen) atoms. The molecule has 2 aromatic heterocycles. The van der Waals surface area contributed by atoms with E-state index in [4.69, 9.17) is 0 Å². The molecular weight excluding hydrogens is 445 g/mol. The Kier molecular flexibility index (Phi) is 7.68. The van der Waals surface area contributed by atoms with Gasteiger partial charge < -0.3 is 5.32 Å². The van der Waals surface area contributed by atoms with Crippen LogP contribution in [0.4, 0.5) is 10.1 Å². The van der Waals surface area contributed by atoms with Crippen molar-refractivity contribution in [1.82, 2.24) is 19.1 Å². The normalized spacial score (nSPS) is 11.4. The number of rotatable bonds is 8. The minimum Gasteiger partial charge on any atom is -0.323 e. The minimum atomic E-state index is -0.516. The van der Waals surface area contributed by atoms with E-state index in [-0.39, 0.29) is 28.4 Å². The standard InChI is InChI=1S/C23H28FN5O3S/c1-6-9-29-20-19(22(31)28(5)23(29)32)21(27-17(26-20)10-13(2)3)33-12-18(30)25-16-8-7-14(4)11-15(16)24/h7-8,11,13H,6,9-10,12H2,1-5H3,(H,25,30). The number of nitrogens with one attached hydrogen (secondary N) is 1. The number of nitrogens with zero attached hydrogens (tertiary/aromatic N) is 4. The Labute approximate surface area is 195 Å². The molecule has 3 rings (SSSR count). The summed E-state index contributed by atoms with van der Waals surface area (Å²) in [6.45, 7) is 8.14. The zero-order chi connectivity index (χ0) is 24.3. The fraction of sp³-hybridized carbons (Fsp3) is 0.435. The van der Waals surface area contributed by atoms with E-state index in [1.54, 1.807) is 13.0 Å². The molecule has 8 nitrogen and oxygen atoms in total. The molecule has 0 spiro atoms. The van der Waals surface area contributed by atoms with Crippen LogP contribution in [0.15, 0.2) is 32.8 Å². The van der Waals surface area contributed by atoms with Crippen LogP contribution in [0.2, 0.25) is 0 Å². The van der Waals surface area contributed by atoms with Crippen LogP contribution >= 0.6 is 11.8 Å². The van der Waals surface area contributed by atoms with Crippen molar-refractivity contribution in [2.75, 3.05) is 11.1 Å². The maximum atomic E-state index is 14.1. The molecule has 1 aromatic carbocycles. The number of carbonyl (C=O) groups excluding carboxylic acids is 1. The number of fused-ring (bicyclic) bond motifs is 1. The Morgan fingerprint density at radius 2 is 1.97 bits per heavy atom. The molecule has 2 heterocycles. The second-order valence-corrected chi connectivity index (χ2v) is 9.32. The molecule has 0 saturated heterocycles. The minimum absolute atomic E-state index is 0.0867. The lowest BCUT2D eigenvalue weighted by molar-refractivity contribution is -0.113. The van der Waals surface area contributed by atoms with Crippen LogP contribution in [0, 0.1) is 18.7 Å². The van der Waals surface area contributed by atoms with Gasteiger partial charge in [-0.1, -0.05) is 38.6 Å². The largest absolute Gasteiger partial charge is 0.332 e. The van der Waals surface area contributed by atoms with Crippen molar-refractivity contribution < 1.29 is 9.18 Å². The van der Waals surface area contributed by atoms with E-state index in [0.717, 1.165) is 21.9 Å². The van der Waals surface area contributed by atoms with E-state index in [2.05, 4.69) is 15.3 Å². The van der Waals surface area contributed by atoms with Crippen molar-refractivity contribution >= 4 is 34.4 Å². The van der Waals surface area contributed by atoms with Gasteiger partial charge in [0, 0.05) is 20.0 Å². The van der Waals surface area contributed by atoms with Crippen LogP contribution < -0.4 is 16.6 Å². The number of anilines is 1. The third-order valence-electron chi connectivity index (χ3n) is 4.97. The van der Waals surface area contributed by atoms with Gasteiger partial charge >= 0.3 is 5.69 Å². The maximum absolute atomic E-state index is 14.1. The van der Waals surface area contributed by atoms with Gasteiger partial charge in [-0.2, -0.15) is 0 Å². The summed E-state index contributed by atoms with van der Waals surface area (Å²) in [6.07, 6.45) is 1.24. The molecule has 0 radical (unpaired) electrons. The van der Waals surface area contributed by atoms with Crippen molar-refractivity contribution in [3.63, 3.8) is 0 Å². The van der Waals surface area contributed by atoms with Gasteiger partial charge in [-0.3, -0.25) is 18.7 Å². The summed E-state index contributed by atoms with van der Waals surface area (Å²) in [6, 6.07) is 4.56. The molecule has 0 fully saturated rings. The van der Waals surface area contributed by atoms with Gasteiger partial charge in [0.05, 0.1) is 11.4 Å². The number of aromatic nitrogens is 4. The molecule has 0 bridgehead atoms. The molecule has 0 aliphatic rings. The Morgan fingerprint density at radius 1 is 1.24 bits per heavy atom. The average molecular weight is 474 g/mol. The highest BCUT2D eigenvalue weighted by atomic mass is 32.2. The Bertz CT molecular complexity index is 1320. The van der Waals surface area contributed by atoms with Gasteiger partial charge in [0.2, 0.25) is 5.91 Å². The maximum Gasteiger partial charge on any atom is 0.332 e. The fourth-order valence-electron chi connectivity index (χ4n) is 3.41. The molecule has 1 N–H and O–H groups in total. The second kappa shape index (κ2) is 10.3. The van der Waals surface area contributed by atoms with E-state index >= 15 is 0 Å². The summed E-state index contributed by atoms with van der Waals surface area (Å²) in [5, 5.41) is 3.09. The topological polar surface area (TPSA) is 98.9 Å². The van der Waals surface area contributed by atoms with Crippen LogP contribution in [-0.4, -0.2) is 30.8 Å². The SMILES string of the molecule is CCCn1c(=O)n(C)c(=O)c2c(SCC(=O)Nc3ccc(C)cc3F)nc(CC(C)C)nc21. The first-order valence-electron chi connectivity index (χ1n) is 10.8. The number of halogens is 1. The van der Waals surface area contributed by atoms with Crippen LogP contribution in [0.25, 0.3) is 11.0 Å². The van der Waals surface area contributed by atoms with Gasteiger partial charge in [-0.25, -0.2) is 19.2 Å². The van der Waals surface area contributed by atoms with E-state index < -0.39 is 23.0 Å². The van der Waals surface area contributed by atoms with Gasteiger partial charge in [0.1, 0.15) is 22.1 Å². The number of amides is 1. The molecule has 176 valence electrons. The lowest BCUT2D eigenvalue weighted by Gasteiger charge is -2.14. The predicted octanol–water partition coefficient (Wildman–Crippen LogP) is 3.28. The zero-order valence-electron chi connectivity index (χ0n) is 19.4. The van der Waals surface area contributed by atoms with Crippen LogP contribution in [0.1, 0.15) is 38.6 Å². The summed E-state index contributed by atoms with van der Waals surface area (Å²) in [5.74, 6) is -0.277.